The molecule has 2 aromatic rings. The highest BCUT2D eigenvalue weighted by Crippen LogP contribution is 2.27. The van der Waals surface area contributed by atoms with Gasteiger partial charge in [0.15, 0.2) is 0 Å². The van der Waals surface area contributed by atoms with E-state index in [1.54, 1.807) is 16.9 Å². The minimum atomic E-state index is -0.171. The lowest BCUT2D eigenvalue weighted by molar-refractivity contribution is 0.572. The Hall–Kier alpha value is -1.68. The summed E-state index contributed by atoms with van der Waals surface area (Å²) in [5.74, 6) is -0.171. The minimum Gasteiger partial charge on any atom is -0.309 e. The van der Waals surface area contributed by atoms with Gasteiger partial charge in [0, 0.05) is 24.4 Å². The van der Waals surface area contributed by atoms with Crippen LogP contribution in [0.2, 0.25) is 0 Å². The molecule has 0 aliphatic rings. The molecule has 0 bridgehead atoms. The first kappa shape index (κ1) is 12.8. The first-order valence-corrected chi connectivity index (χ1v) is 5.95. The summed E-state index contributed by atoms with van der Waals surface area (Å²) >= 11 is 0. The summed E-state index contributed by atoms with van der Waals surface area (Å²) < 4.78 is 15.9. The molecule has 4 heteroatoms. The van der Waals surface area contributed by atoms with Crippen LogP contribution >= 0.6 is 0 Å². The number of rotatable bonds is 3. The summed E-state index contributed by atoms with van der Waals surface area (Å²) in [6.45, 7) is 3.84. The summed E-state index contributed by atoms with van der Waals surface area (Å²) in [4.78, 5) is 0. The van der Waals surface area contributed by atoms with Crippen LogP contribution in [0, 0.1) is 19.7 Å². The summed E-state index contributed by atoms with van der Waals surface area (Å²) in [7, 11) is 3.69. The molecule has 18 heavy (non-hydrogen) atoms. The molecule has 0 saturated carbocycles. The molecule has 1 aromatic carbocycles. The van der Waals surface area contributed by atoms with Crippen molar-refractivity contribution in [3.8, 4) is 0 Å². The summed E-state index contributed by atoms with van der Waals surface area (Å²) in [5.41, 5.74) is 3.55. The molecule has 0 amide bonds. The van der Waals surface area contributed by atoms with Crippen LogP contribution in [-0.4, -0.2) is 16.8 Å². The van der Waals surface area contributed by atoms with E-state index in [9.17, 15) is 4.39 Å². The molecule has 1 heterocycles. The molecule has 2 rings (SSSR count). The van der Waals surface area contributed by atoms with Crippen LogP contribution in [0.4, 0.5) is 4.39 Å². The average molecular weight is 247 g/mol. The zero-order valence-corrected chi connectivity index (χ0v) is 11.2. The van der Waals surface area contributed by atoms with Crippen molar-refractivity contribution in [3.05, 3.63) is 52.6 Å². The predicted octanol–water partition coefficient (Wildman–Crippen LogP) is 2.48. The Morgan fingerprint density at radius 1 is 1.33 bits per heavy atom. The van der Waals surface area contributed by atoms with Crippen molar-refractivity contribution in [3.63, 3.8) is 0 Å². The zero-order chi connectivity index (χ0) is 13.3. The Labute approximate surface area is 107 Å². The third-order valence-electron chi connectivity index (χ3n) is 3.12. The fraction of sp³-hybridized carbons (Fsp3) is 0.357. The largest absolute Gasteiger partial charge is 0.309 e. The zero-order valence-electron chi connectivity index (χ0n) is 11.2. The van der Waals surface area contributed by atoms with Gasteiger partial charge in [-0.25, -0.2) is 4.39 Å². The molecule has 0 aliphatic heterocycles. The molecule has 0 saturated heterocycles. The number of hydrogen-bond acceptors (Lipinski definition) is 2. The first-order valence-electron chi connectivity index (χ1n) is 5.95. The molecule has 0 spiro atoms. The number of nitrogens with zero attached hydrogens (tertiary/aromatic N) is 2. The van der Waals surface area contributed by atoms with E-state index in [1.165, 1.54) is 0 Å². The third kappa shape index (κ3) is 2.29. The second kappa shape index (κ2) is 4.90. The van der Waals surface area contributed by atoms with Crippen molar-refractivity contribution in [2.75, 3.05) is 7.05 Å². The predicted molar refractivity (Wildman–Crippen MR) is 70.0 cm³/mol. The Bertz CT molecular complexity index is 537. The van der Waals surface area contributed by atoms with Gasteiger partial charge in [0.2, 0.25) is 0 Å². The normalized spacial score (nSPS) is 12.7. The molecule has 3 nitrogen and oxygen atoms in total. The van der Waals surface area contributed by atoms with Crippen LogP contribution in [-0.2, 0) is 7.05 Å². The fourth-order valence-corrected chi connectivity index (χ4v) is 2.36. The first-order chi connectivity index (χ1) is 8.52. The number of hydrogen-bond donors (Lipinski definition) is 1. The lowest BCUT2D eigenvalue weighted by Crippen LogP contribution is -2.20. The van der Waals surface area contributed by atoms with Crippen LogP contribution < -0.4 is 5.32 Å². The van der Waals surface area contributed by atoms with Crippen LogP contribution in [0.5, 0.6) is 0 Å². The van der Waals surface area contributed by atoms with E-state index in [0.29, 0.717) is 5.56 Å². The van der Waals surface area contributed by atoms with Gasteiger partial charge in [0.25, 0.3) is 0 Å². The Kier molecular flexibility index (Phi) is 3.48. The van der Waals surface area contributed by atoms with E-state index in [2.05, 4.69) is 10.4 Å². The fourth-order valence-electron chi connectivity index (χ4n) is 2.36. The van der Waals surface area contributed by atoms with Crippen LogP contribution in [0.1, 0.15) is 28.3 Å². The van der Waals surface area contributed by atoms with Gasteiger partial charge in [0.05, 0.1) is 12.2 Å². The summed E-state index contributed by atoms with van der Waals surface area (Å²) in [5, 5.41) is 7.30. The van der Waals surface area contributed by atoms with Crippen molar-refractivity contribution in [1.82, 2.24) is 15.1 Å². The number of halogens is 1. The molecule has 1 aromatic heterocycles. The van der Waals surface area contributed by atoms with Gasteiger partial charge in [0.1, 0.15) is 5.82 Å². The van der Waals surface area contributed by atoms with E-state index in [0.717, 1.165) is 16.7 Å². The van der Waals surface area contributed by atoms with Crippen LogP contribution in [0.3, 0.4) is 0 Å². The van der Waals surface area contributed by atoms with Gasteiger partial charge >= 0.3 is 0 Å². The van der Waals surface area contributed by atoms with Crippen LogP contribution in [0.15, 0.2) is 24.5 Å². The Morgan fingerprint density at radius 2 is 2.06 bits per heavy atom. The number of aryl methyl sites for hydroxylation is 3. The van der Waals surface area contributed by atoms with Crippen molar-refractivity contribution in [2.24, 2.45) is 7.05 Å². The van der Waals surface area contributed by atoms with Gasteiger partial charge in [-0.1, -0.05) is 6.07 Å². The maximum atomic E-state index is 14.2. The molecule has 0 fully saturated rings. The number of nitrogens with one attached hydrogen (secondary N) is 1. The lowest BCUT2D eigenvalue weighted by atomic mass is 9.95. The minimum absolute atomic E-state index is 0.167. The molecule has 1 unspecified atom stereocenters. The van der Waals surface area contributed by atoms with E-state index in [1.807, 2.05) is 40.2 Å². The molecule has 1 N–H and O–H groups in total. The maximum Gasteiger partial charge on any atom is 0.128 e. The second-order valence-electron chi connectivity index (χ2n) is 4.65. The standard InChI is InChI=1S/C14H18FN3/c1-9-5-10(2)13(12(15)6-9)14(16-3)11-7-17-18(4)8-11/h5-8,14,16H,1-4H3. The van der Waals surface area contributed by atoms with E-state index in [-0.39, 0.29) is 11.9 Å². The Morgan fingerprint density at radius 3 is 2.56 bits per heavy atom. The summed E-state index contributed by atoms with van der Waals surface area (Å²) in [6, 6.07) is 3.40. The van der Waals surface area contributed by atoms with E-state index >= 15 is 0 Å². The molecular weight excluding hydrogens is 229 g/mol. The molecule has 96 valence electrons. The van der Waals surface area contributed by atoms with Crippen molar-refractivity contribution >= 4 is 0 Å². The quantitative estimate of drug-likeness (QED) is 0.903. The van der Waals surface area contributed by atoms with Gasteiger partial charge < -0.3 is 5.32 Å². The monoisotopic (exact) mass is 247 g/mol. The lowest BCUT2D eigenvalue weighted by Gasteiger charge is -2.19. The van der Waals surface area contributed by atoms with Crippen molar-refractivity contribution < 1.29 is 4.39 Å². The smallest absolute Gasteiger partial charge is 0.128 e. The number of benzene rings is 1. The van der Waals surface area contributed by atoms with Gasteiger partial charge in [-0.3, -0.25) is 4.68 Å². The molecular formula is C14H18FN3. The second-order valence-corrected chi connectivity index (χ2v) is 4.65. The molecule has 0 radical (unpaired) electrons. The van der Waals surface area contributed by atoms with Gasteiger partial charge in [-0.15, -0.1) is 0 Å². The molecule has 1 atom stereocenters. The topological polar surface area (TPSA) is 29.9 Å². The summed E-state index contributed by atoms with van der Waals surface area (Å²) in [6.07, 6.45) is 3.67. The highest BCUT2D eigenvalue weighted by atomic mass is 19.1. The highest BCUT2D eigenvalue weighted by Gasteiger charge is 2.20. The van der Waals surface area contributed by atoms with Crippen LogP contribution in [0.25, 0.3) is 0 Å². The highest BCUT2D eigenvalue weighted by molar-refractivity contribution is 5.38. The maximum absolute atomic E-state index is 14.2. The third-order valence-corrected chi connectivity index (χ3v) is 3.12. The SMILES string of the molecule is CNC(c1cnn(C)c1)c1c(C)cc(C)cc1F. The number of aromatic nitrogens is 2. The van der Waals surface area contributed by atoms with Gasteiger partial charge in [-0.2, -0.15) is 5.10 Å². The van der Waals surface area contributed by atoms with E-state index < -0.39 is 0 Å². The average Bonchev–Trinajstić information content (AvgIpc) is 2.69. The van der Waals surface area contributed by atoms with Crippen molar-refractivity contribution in [1.29, 1.82) is 0 Å². The molecule has 0 aliphatic carbocycles. The Balaban J connectivity index is 2.51. The van der Waals surface area contributed by atoms with E-state index in [4.69, 9.17) is 0 Å². The van der Waals surface area contributed by atoms with Crippen molar-refractivity contribution in [2.45, 2.75) is 19.9 Å². The van der Waals surface area contributed by atoms with Gasteiger partial charge in [-0.05, 0) is 38.1 Å².